The van der Waals surface area contributed by atoms with Gasteiger partial charge in [-0.15, -0.1) is 0 Å². The minimum absolute atomic E-state index is 0.190. The van der Waals surface area contributed by atoms with Crippen LogP contribution in [0.15, 0.2) is 24.3 Å². The van der Waals surface area contributed by atoms with Crippen molar-refractivity contribution < 1.29 is 9.53 Å². The molecule has 1 heterocycles. The van der Waals surface area contributed by atoms with Crippen LogP contribution in [0.25, 0.3) is 0 Å². The lowest BCUT2D eigenvalue weighted by Gasteiger charge is -2.40. The third-order valence-electron chi connectivity index (χ3n) is 4.30. The van der Waals surface area contributed by atoms with Gasteiger partial charge in [-0.3, -0.25) is 4.79 Å². The summed E-state index contributed by atoms with van der Waals surface area (Å²) in [6.07, 6.45) is 2.06. The Morgan fingerprint density at radius 2 is 2.05 bits per heavy atom. The van der Waals surface area contributed by atoms with Crippen molar-refractivity contribution in [3.8, 4) is 5.75 Å². The summed E-state index contributed by atoms with van der Waals surface area (Å²) in [5, 5.41) is 0. The Kier molecular flexibility index (Phi) is 5.69. The summed E-state index contributed by atoms with van der Waals surface area (Å²) >= 11 is 0. The van der Waals surface area contributed by atoms with Crippen molar-refractivity contribution in [2.24, 2.45) is 5.92 Å². The van der Waals surface area contributed by atoms with Gasteiger partial charge < -0.3 is 14.5 Å². The SMILES string of the molecule is COc1cccc(N(CC(C)C)C2CCN(C(C)=O)CC2)c1. The molecule has 1 amide bonds. The fourth-order valence-electron chi connectivity index (χ4n) is 3.14. The van der Waals surface area contributed by atoms with Gasteiger partial charge in [0.25, 0.3) is 0 Å². The average Bonchev–Trinajstić information content (AvgIpc) is 2.52. The molecule has 1 aromatic rings. The third-order valence-corrected chi connectivity index (χ3v) is 4.30. The fourth-order valence-corrected chi connectivity index (χ4v) is 3.14. The molecule has 1 aromatic carbocycles. The monoisotopic (exact) mass is 304 g/mol. The molecule has 122 valence electrons. The molecule has 0 atom stereocenters. The van der Waals surface area contributed by atoms with E-state index in [1.54, 1.807) is 14.0 Å². The number of piperidine rings is 1. The van der Waals surface area contributed by atoms with Crippen molar-refractivity contribution in [3.05, 3.63) is 24.3 Å². The molecule has 1 aliphatic rings. The van der Waals surface area contributed by atoms with Crippen LogP contribution in [0.4, 0.5) is 5.69 Å². The van der Waals surface area contributed by atoms with Crippen molar-refractivity contribution in [1.82, 2.24) is 4.90 Å². The van der Waals surface area contributed by atoms with Gasteiger partial charge in [0, 0.05) is 44.4 Å². The second-order valence-electron chi connectivity index (χ2n) is 6.48. The van der Waals surface area contributed by atoms with Crippen molar-refractivity contribution in [2.45, 2.75) is 39.7 Å². The van der Waals surface area contributed by atoms with Crippen LogP contribution in [-0.4, -0.2) is 43.6 Å². The van der Waals surface area contributed by atoms with Crippen molar-refractivity contribution in [1.29, 1.82) is 0 Å². The summed E-state index contributed by atoms with van der Waals surface area (Å²) in [7, 11) is 1.71. The molecule has 1 fully saturated rings. The maximum absolute atomic E-state index is 11.5. The molecule has 0 spiro atoms. The van der Waals surface area contributed by atoms with Gasteiger partial charge in [0.15, 0.2) is 0 Å². The molecule has 22 heavy (non-hydrogen) atoms. The van der Waals surface area contributed by atoms with E-state index in [-0.39, 0.29) is 5.91 Å². The van der Waals surface area contributed by atoms with Gasteiger partial charge in [-0.1, -0.05) is 19.9 Å². The summed E-state index contributed by atoms with van der Waals surface area (Å²) in [4.78, 5) is 15.9. The van der Waals surface area contributed by atoms with Gasteiger partial charge in [0.1, 0.15) is 5.75 Å². The number of anilines is 1. The number of carbonyl (C=O) groups is 1. The van der Waals surface area contributed by atoms with Gasteiger partial charge in [-0.2, -0.15) is 0 Å². The Hall–Kier alpha value is -1.71. The van der Waals surface area contributed by atoms with Crippen LogP contribution in [0.1, 0.15) is 33.6 Å². The zero-order chi connectivity index (χ0) is 16.1. The average molecular weight is 304 g/mol. The number of hydrogen-bond acceptors (Lipinski definition) is 3. The number of rotatable bonds is 5. The Morgan fingerprint density at radius 3 is 2.59 bits per heavy atom. The van der Waals surface area contributed by atoms with Gasteiger partial charge in [0.05, 0.1) is 7.11 Å². The predicted molar refractivity (Wildman–Crippen MR) is 90.5 cm³/mol. The quantitative estimate of drug-likeness (QED) is 0.837. The van der Waals surface area contributed by atoms with Crippen LogP contribution in [0.5, 0.6) is 5.75 Å². The molecule has 0 radical (unpaired) electrons. The van der Waals surface area contributed by atoms with Crippen molar-refractivity contribution in [2.75, 3.05) is 31.6 Å². The van der Waals surface area contributed by atoms with E-state index in [4.69, 9.17) is 4.74 Å². The molecule has 0 unspecified atom stereocenters. The molecule has 0 aromatic heterocycles. The second kappa shape index (κ2) is 7.52. The molecule has 1 aliphatic heterocycles. The van der Waals surface area contributed by atoms with Crippen LogP contribution in [-0.2, 0) is 4.79 Å². The van der Waals surface area contributed by atoms with E-state index in [0.717, 1.165) is 38.2 Å². The highest BCUT2D eigenvalue weighted by molar-refractivity contribution is 5.73. The molecule has 0 aliphatic carbocycles. The first-order valence-electron chi connectivity index (χ1n) is 8.17. The van der Waals surface area contributed by atoms with E-state index >= 15 is 0 Å². The zero-order valence-electron chi connectivity index (χ0n) is 14.2. The first kappa shape index (κ1) is 16.7. The number of carbonyl (C=O) groups excluding carboxylic acids is 1. The van der Waals surface area contributed by atoms with Gasteiger partial charge in [0.2, 0.25) is 5.91 Å². The van der Waals surface area contributed by atoms with Crippen molar-refractivity contribution >= 4 is 11.6 Å². The number of amides is 1. The number of nitrogens with zero attached hydrogens (tertiary/aromatic N) is 2. The van der Waals surface area contributed by atoms with E-state index in [1.165, 1.54) is 5.69 Å². The van der Waals surface area contributed by atoms with Crippen LogP contribution < -0.4 is 9.64 Å². The normalized spacial score (nSPS) is 16.0. The second-order valence-corrected chi connectivity index (χ2v) is 6.48. The highest BCUT2D eigenvalue weighted by atomic mass is 16.5. The molecule has 1 saturated heterocycles. The Morgan fingerprint density at radius 1 is 1.36 bits per heavy atom. The number of likely N-dealkylation sites (tertiary alicyclic amines) is 1. The smallest absolute Gasteiger partial charge is 0.219 e. The van der Waals surface area contributed by atoms with Crippen LogP contribution in [0.3, 0.4) is 0 Å². The molecule has 2 rings (SSSR count). The standard InChI is InChI=1S/C18H28N2O2/c1-14(2)13-20(17-6-5-7-18(12-17)22-4)16-8-10-19(11-9-16)15(3)21/h5-7,12,14,16H,8-11,13H2,1-4H3. The Labute approximate surface area is 134 Å². The van der Waals surface area contributed by atoms with Gasteiger partial charge in [-0.05, 0) is 30.9 Å². The summed E-state index contributed by atoms with van der Waals surface area (Å²) in [6, 6.07) is 8.79. The summed E-state index contributed by atoms with van der Waals surface area (Å²) < 4.78 is 5.37. The lowest BCUT2D eigenvalue weighted by atomic mass is 10.0. The van der Waals surface area contributed by atoms with Gasteiger partial charge in [-0.25, -0.2) is 0 Å². The third kappa shape index (κ3) is 4.15. The Bertz CT molecular complexity index is 494. The number of benzene rings is 1. The lowest BCUT2D eigenvalue weighted by Crippen LogP contribution is -2.47. The highest BCUT2D eigenvalue weighted by Gasteiger charge is 2.26. The van der Waals surface area contributed by atoms with E-state index in [9.17, 15) is 4.79 Å². The number of hydrogen-bond donors (Lipinski definition) is 0. The maximum atomic E-state index is 11.5. The molecule has 4 heteroatoms. The van der Waals surface area contributed by atoms with Crippen LogP contribution in [0, 0.1) is 5.92 Å². The molecule has 0 saturated carbocycles. The molecule has 0 bridgehead atoms. The fraction of sp³-hybridized carbons (Fsp3) is 0.611. The largest absolute Gasteiger partial charge is 0.497 e. The highest BCUT2D eigenvalue weighted by Crippen LogP contribution is 2.27. The zero-order valence-corrected chi connectivity index (χ0v) is 14.2. The molecule has 4 nitrogen and oxygen atoms in total. The lowest BCUT2D eigenvalue weighted by molar-refractivity contribution is -0.129. The van der Waals surface area contributed by atoms with Crippen LogP contribution >= 0.6 is 0 Å². The van der Waals surface area contributed by atoms with E-state index < -0.39 is 0 Å². The first-order valence-corrected chi connectivity index (χ1v) is 8.17. The topological polar surface area (TPSA) is 32.8 Å². The first-order chi connectivity index (χ1) is 10.5. The van der Waals surface area contributed by atoms with Crippen molar-refractivity contribution in [3.63, 3.8) is 0 Å². The minimum atomic E-state index is 0.190. The van der Waals surface area contributed by atoms with Crippen LogP contribution in [0.2, 0.25) is 0 Å². The molecular formula is C18H28N2O2. The molecular weight excluding hydrogens is 276 g/mol. The maximum Gasteiger partial charge on any atom is 0.219 e. The predicted octanol–water partition coefficient (Wildman–Crippen LogP) is 3.17. The van der Waals surface area contributed by atoms with E-state index in [2.05, 4.69) is 30.9 Å². The minimum Gasteiger partial charge on any atom is -0.497 e. The summed E-state index contributed by atoms with van der Waals surface area (Å²) in [5.41, 5.74) is 1.22. The number of ether oxygens (including phenoxy) is 1. The van der Waals surface area contributed by atoms with E-state index in [0.29, 0.717) is 12.0 Å². The molecule has 0 N–H and O–H groups in total. The summed E-state index contributed by atoms with van der Waals surface area (Å²) in [5.74, 6) is 1.68. The summed E-state index contributed by atoms with van der Waals surface area (Å²) in [6.45, 7) is 8.90. The van der Waals surface area contributed by atoms with Gasteiger partial charge >= 0.3 is 0 Å². The number of methoxy groups -OCH3 is 1. The van der Waals surface area contributed by atoms with E-state index in [1.807, 2.05) is 17.0 Å². The Balaban J connectivity index is 2.14.